The molecule has 2 unspecified atom stereocenters. The molecule has 1 N–H and O–H groups in total. The highest BCUT2D eigenvalue weighted by Crippen LogP contribution is 2.66. The van der Waals surface area contributed by atoms with Gasteiger partial charge in [0.15, 0.2) is 0 Å². The minimum Gasteiger partial charge on any atom is -0.469 e. The summed E-state index contributed by atoms with van der Waals surface area (Å²) in [5.74, 6) is 0.766. The number of hydrogen-bond acceptors (Lipinski definition) is 3. The second-order valence-corrected chi connectivity index (χ2v) is 9.64. The largest absolute Gasteiger partial charge is 0.469 e. The number of esters is 1. The summed E-state index contributed by atoms with van der Waals surface area (Å²) >= 11 is 0. The fourth-order valence-electron chi connectivity index (χ4n) is 6.40. The van der Waals surface area contributed by atoms with Gasteiger partial charge in [-0.3, -0.25) is 4.79 Å². The van der Waals surface area contributed by atoms with Crippen LogP contribution in [0, 0.1) is 22.2 Å². The molecule has 21 heavy (non-hydrogen) atoms. The van der Waals surface area contributed by atoms with Crippen molar-refractivity contribution >= 4 is 5.97 Å². The Morgan fingerprint density at radius 3 is 2.19 bits per heavy atom. The summed E-state index contributed by atoms with van der Waals surface area (Å²) in [6.07, 6.45) is 8.07. The molecule has 4 aliphatic rings. The molecule has 0 aliphatic heterocycles. The number of methoxy groups -OCH3 is 1. The van der Waals surface area contributed by atoms with Crippen LogP contribution in [-0.4, -0.2) is 25.2 Å². The molecule has 4 aliphatic carbocycles. The van der Waals surface area contributed by atoms with Crippen molar-refractivity contribution in [1.82, 2.24) is 5.32 Å². The standard InChI is InChI=1S/C18H31NO2/c1-15(2,14(20)21-5)12-19-18-8-13-6-16(3,10-18)9-17(4,7-13)11-18/h13,19H,6-12H2,1-5H3. The Morgan fingerprint density at radius 1 is 1.14 bits per heavy atom. The topological polar surface area (TPSA) is 38.3 Å². The van der Waals surface area contributed by atoms with E-state index in [2.05, 4.69) is 19.2 Å². The molecule has 0 radical (unpaired) electrons. The van der Waals surface area contributed by atoms with Gasteiger partial charge in [0.25, 0.3) is 0 Å². The monoisotopic (exact) mass is 293 g/mol. The van der Waals surface area contributed by atoms with Crippen LogP contribution in [0.1, 0.15) is 66.2 Å². The average molecular weight is 293 g/mol. The molecule has 0 amide bonds. The predicted molar refractivity (Wildman–Crippen MR) is 83.9 cm³/mol. The maximum Gasteiger partial charge on any atom is 0.312 e. The first-order valence-corrected chi connectivity index (χ1v) is 8.43. The van der Waals surface area contributed by atoms with E-state index in [-0.39, 0.29) is 11.5 Å². The highest BCUT2D eigenvalue weighted by atomic mass is 16.5. The Kier molecular flexibility index (Phi) is 3.26. The molecule has 0 aromatic rings. The van der Waals surface area contributed by atoms with Gasteiger partial charge < -0.3 is 10.1 Å². The SMILES string of the molecule is COC(=O)C(C)(C)CNC12CC3CC(C)(CC(C)(C3)C1)C2. The van der Waals surface area contributed by atoms with Gasteiger partial charge in [0.2, 0.25) is 0 Å². The molecule has 4 bridgehead atoms. The highest BCUT2D eigenvalue weighted by Gasteiger charge is 2.60. The van der Waals surface area contributed by atoms with Crippen molar-refractivity contribution in [2.45, 2.75) is 71.8 Å². The summed E-state index contributed by atoms with van der Waals surface area (Å²) < 4.78 is 4.95. The lowest BCUT2D eigenvalue weighted by molar-refractivity contribution is -0.152. The maximum absolute atomic E-state index is 11.9. The Bertz CT molecular complexity index is 438. The van der Waals surface area contributed by atoms with Crippen LogP contribution in [0.15, 0.2) is 0 Å². The van der Waals surface area contributed by atoms with Crippen molar-refractivity contribution in [3.05, 3.63) is 0 Å². The lowest BCUT2D eigenvalue weighted by Crippen LogP contribution is -2.65. The zero-order chi connectivity index (χ0) is 15.5. The van der Waals surface area contributed by atoms with E-state index in [1.807, 2.05) is 13.8 Å². The summed E-state index contributed by atoms with van der Waals surface area (Å²) in [6, 6.07) is 0. The van der Waals surface area contributed by atoms with Gasteiger partial charge in [-0.05, 0) is 69.1 Å². The molecule has 3 heteroatoms. The van der Waals surface area contributed by atoms with Gasteiger partial charge in [-0.25, -0.2) is 0 Å². The molecule has 4 rings (SSSR count). The van der Waals surface area contributed by atoms with Gasteiger partial charge in [0.05, 0.1) is 12.5 Å². The molecule has 4 saturated carbocycles. The van der Waals surface area contributed by atoms with Gasteiger partial charge in [-0.15, -0.1) is 0 Å². The van der Waals surface area contributed by atoms with E-state index in [4.69, 9.17) is 4.74 Å². The normalized spacial score (nSPS) is 44.9. The zero-order valence-corrected chi connectivity index (χ0v) is 14.3. The summed E-state index contributed by atoms with van der Waals surface area (Å²) in [5, 5.41) is 3.83. The van der Waals surface area contributed by atoms with Gasteiger partial charge in [-0.2, -0.15) is 0 Å². The highest BCUT2D eigenvalue weighted by molar-refractivity contribution is 5.76. The molecule has 2 atom stereocenters. The molecule has 120 valence electrons. The Labute approximate surface area is 129 Å². The molecule has 3 nitrogen and oxygen atoms in total. The van der Waals surface area contributed by atoms with Crippen LogP contribution in [-0.2, 0) is 9.53 Å². The van der Waals surface area contributed by atoms with Crippen molar-refractivity contribution < 1.29 is 9.53 Å². The molecular formula is C18H31NO2. The molecule has 0 aromatic carbocycles. The van der Waals surface area contributed by atoms with E-state index < -0.39 is 5.41 Å². The Balaban J connectivity index is 1.75. The van der Waals surface area contributed by atoms with E-state index in [0.717, 1.165) is 12.5 Å². The second kappa shape index (κ2) is 4.47. The Morgan fingerprint density at radius 2 is 1.71 bits per heavy atom. The summed E-state index contributed by atoms with van der Waals surface area (Å²) in [7, 11) is 1.48. The first-order chi connectivity index (χ1) is 9.60. The smallest absolute Gasteiger partial charge is 0.312 e. The van der Waals surface area contributed by atoms with Crippen LogP contribution in [0.4, 0.5) is 0 Å². The number of ether oxygens (including phenoxy) is 1. The third-order valence-corrected chi connectivity index (χ3v) is 6.27. The van der Waals surface area contributed by atoms with Crippen LogP contribution in [0.5, 0.6) is 0 Å². The van der Waals surface area contributed by atoms with E-state index in [0.29, 0.717) is 10.8 Å². The molecule has 0 aromatic heterocycles. The molecule has 0 spiro atoms. The Hall–Kier alpha value is -0.570. The summed E-state index contributed by atoms with van der Waals surface area (Å²) in [4.78, 5) is 11.9. The van der Waals surface area contributed by atoms with Gasteiger partial charge in [-0.1, -0.05) is 13.8 Å². The fourth-order valence-corrected chi connectivity index (χ4v) is 6.40. The maximum atomic E-state index is 11.9. The van der Waals surface area contributed by atoms with E-state index in [1.165, 1.54) is 45.6 Å². The lowest BCUT2D eigenvalue weighted by Gasteiger charge is -2.65. The average Bonchev–Trinajstić information content (AvgIpc) is 2.31. The van der Waals surface area contributed by atoms with Crippen LogP contribution in [0.25, 0.3) is 0 Å². The molecular weight excluding hydrogens is 262 g/mol. The van der Waals surface area contributed by atoms with E-state index in [1.54, 1.807) is 0 Å². The van der Waals surface area contributed by atoms with Crippen LogP contribution in [0.3, 0.4) is 0 Å². The lowest BCUT2D eigenvalue weighted by atomic mass is 9.42. The van der Waals surface area contributed by atoms with Crippen LogP contribution >= 0.6 is 0 Å². The number of carbonyl (C=O) groups is 1. The number of carbonyl (C=O) groups excluding carboxylic acids is 1. The third-order valence-electron chi connectivity index (χ3n) is 6.27. The molecule has 0 heterocycles. The van der Waals surface area contributed by atoms with Crippen molar-refractivity contribution in [2.75, 3.05) is 13.7 Å². The summed E-state index contributed by atoms with van der Waals surface area (Å²) in [5.41, 5.74) is 0.835. The predicted octanol–water partition coefficient (Wildman–Crippen LogP) is 3.52. The van der Waals surface area contributed by atoms with Crippen LogP contribution in [0.2, 0.25) is 0 Å². The van der Waals surface area contributed by atoms with Crippen LogP contribution < -0.4 is 5.32 Å². The van der Waals surface area contributed by atoms with Crippen molar-refractivity contribution in [3.63, 3.8) is 0 Å². The minimum atomic E-state index is -0.445. The molecule has 0 saturated heterocycles. The minimum absolute atomic E-state index is 0.114. The van der Waals surface area contributed by atoms with Gasteiger partial charge in [0, 0.05) is 12.1 Å². The number of hydrogen-bond donors (Lipinski definition) is 1. The first-order valence-electron chi connectivity index (χ1n) is 8.43. The van der Waals surface area contributed by atoms with Crippen molar-refractivity contribution in [3.8, 4) is 0 Å². The van der Waals surface area contributed by atoms with Gasteiger partial charge >= 0.3 is 5.97 Å². The van der Waals surface area contributed by atoms with Crippen molar-refractivity contribution in [2.24, 2.45) is 22.2 Å². The van der Waals surface area contributed by atoms with Gasteiger partial charge in [0.1, 0.15) is 0 Å². The zero-order valence-electron chi connectivity index (χ0n) is 14.3. The second-order valence-electron chi connectivity index (χ2n) is 9.64. The quantitative estimate of drug-likeness (QED) is 0.806. The number of rotatable bonds is 4. The van der Waals surface area contributed by atoms with Crippen molar-refractivity contribution in [1.29, 1.82) is 0 Å². The number of nitrogens with one attached hydrogen (secondary N) is 1. The third kappa shape index (κ3) is 2.62. The first kappa shape index (κ1) is 15.3. The fraction of sp³-hybridized carbons (Fsp3) is 0.944. The molecule has 4 fully saturated rings. The summed E-state index contributed by atoms with van der Waals surface area (Å²) in [6.45, 7) is 9.65. The van der Waals surface area contributed by atoms with E-state index in [9.17, 15) is 4.79 Å². The van der Waals surface area contributed by atoms with E-state index >= 15 is 0 Å².